The summed E-state index contributed by atoms with van der Waals surface area (Å²) in [6, 6.07) is 8.33. The molecule has 4 nitrogen and oxygen atoms in total. The molecule has 0 amide bonds. The van der Waals surface area contributed by atoms with Crippen molar-refractivity contribution in [3.05, 3.63) is 42.0 Å². The van der Waals surface area contributed by atoms with Crippen molar-refractivity contribution in [1.82, 2.24) is 0 Å². The molecule has 1 aromatic carbocycles. The van der Waals surface area contributed by atoms with Crippen molar-refractivity contribution in [2.45, 2.75) is 57.6 Å². The molecule has 1 aromatic rings. The smallest absolute Gasteiger partial charge is 0.155 e. The van der Waals surface area contributed by atoms with Gasteiger partial charge in [0.15, 0.2) is 9.84 Å². The molecule has 3 rings (SSSR count). The number of carbonyl (C=O) groups excluding carboxylic acids is 1. The van der Waals surface area contributed by atoms with Gasteiger partial charge in [0, 0.05) is 31.1 Å². The van der Waals surface area contributed by atoms with E-state index in [1.54, 1.807) is 20.8 Å². The van der Waals surface area contributed by atoms with Crippen LogP contribution in [-0.4, -0.2) is 37.8 Å². The lowest BCUT2D eigenvalue weighted by Crippen LogP contribution is -2.35. The molecule has 0 spiro atoms. The van der Waals surface area contributed by atoms with Crippen LogP contribution in [-0.2, 0) is 21.1 Å². The largest absolute Gasteiger partial charge is 0.364 e. The summed E-state index contributed by atoms with van der Waals surface area (Å²) in [5, 5.41) is 0. The van der Waals surface area contributed by atoms with Crippen molar-refractivity contribution < 1.29 is 13.2 Å². The fourth-order valence-electron chi connectivity index (χ4n) is 4.07. The summed E-state index contributed by atoms with van der Waals surface area (Å²) in [4.78, 5) is 15.0. The molecule has 28 heavy (non-hydrogen) atoms. The Morgan fingerprint density at radius 1 is 1.00 bits per heavy atom. The van der Waals surface area contributed by atoms with E-state index in [-0.39, 0.29) is 17.6 Å². The molecule has 0 saturated heterocycles. The first-order chi connectivity index (χ1) is 13.2. The molecule has 1 aliphatic heterocycles. The highest BCUT2D eigenvalue weighted by atomic mass is 32.2. The van der Waals surface area contributed by atoms with E-state index in [9.17, 15) is 13.2 Å². The lowest BCUT2D eigenvalue weighted by molar-refractivity contribution is -0.123. The molecule has 0 atom stereocenters. The van der Waals surface area contributed by atoms with Gasteiger partial charge < -0.3 is 4.90 Å². The summed E-state index contributed by atoms with van der Waals surface area (Å²) in [5.41, 5.74) is 2.26. The first kappa shape index (κ1) is 21.1. The van der Waals surface area contributed by atoms with Crippen molar-refractivity contribution in [3.63, 3.8) is 0 Å². The highest BCUT2D eigenvalue weighted by molar-refractivity contribution is 7.92. The summed E-state index contributed by atoms with van der Waals surface area (Å²) in [5.74, 6) is 0.829. The lowest BCUT2D eigenvalue weighted by Gasteiger charge is -2.30. The first-order valence-electron chi connectivity index (χ1n) is 10.4. The number of hydrogen-bond acceptors (Lipinski definition) is 4. The maximum atomic E-state index is 12.7. The molecule has 154 valence electrons. The summed E-state index contributed by atoms with van der Waals surface area (Å²) in [6.45, 7) is 7.20. The molecular weight excluding hydrogens is 370 g/mol. The van der Waals surface area contributed by atoms with Crippen LogP contribution >= 0.6 is 0 Å². The van der Waals surface area contributed by atoms with Crippen LogP contribution < -0.4 is 4.90 Å². The average molecular weight is 404 g/mol. The zero-order chi connectivity index (χ0) is 20.4. The number of benzene rings is 1. The van der Waals surface area contributed by atoms with Gasteiger partial charge in [0.05, 0.1) is 10.5 Å². The topological polar surface area (TPSA) is 54.5 Å². The second-order valence-corrected chi connectivity index (χ2v) is 12.1. The predicted octanol–water partition coefficient (Wildman–Crippen LogP) is 4.19. The van der Waals surface area contributed by atoms with Gasteiger partial charge in [-0.2, -0.15) is 0 Å². The van der Waals surface area contributed by atoms with Crippen molar-refractivity contribution in [1.29, 1.82) is 0 Å². The number of anilines is 1. The Bertz CT molecular complexity index is 802. The zero-order valence-corrected chi connectivity index (χ0v) is 18.2. The molecule has 0 radical (unpaired) electrons. The third-order valence-corrected chi connectivity index (χ3v) is 8.96. The second kappa shape index (κ2) is 8.40. The number of carbonyl (C=O) groups is 1. The van der Waals surface area contributed by atoms with Crippen LogP contribution in [0, 0.1) is 11.8 Å². The Morgan fingerprint density at radius 2 is 1.57 bits per heavy atom. The van der Waals surface area contributed by atoms with Crippen LogP contribution in [0.25, 0.3) is 0 Å². The number of Topliss-reactive ketones (excluding diaryl/α,β-unsaturated/α-hetero) is 1. The minimum absolute atomic E-state index is 0.0797. The minimum atomic E-state index is -3.09. The quantitative estimate of drug-likeness (QED) is 0.668. The van der Waals surface area contributed by atoms with E-state index in [0.29, 0.717) is 12.2 Å². The molecule has 1 heterocycles. The molecule has 0 bridgehead atoms. The van der Waals surface area contributed by atoms with Crippen molar-refractivity contribution >= 4 is 21.3 Å². The molecule has 0 aromatic heterocycles. The van der Waals surface area contributed by atoms with E-state index in [4.69, 9.17) is 0 Å². The van der Waals surface area contributed by atoms with E-state index in [0.717, 1.165) is 44.3 Å². The molecule has 5 heteroatoms. The summed E-state index contributed by atoms with van der Waals surface area (Å²) in [7, 11) is -3.09. The maximum absolute atomic E-state index is 12.7. The van der Waals surface area contributed by atoms with Crippen molar-refractivity contribution in [2.75, 3.05) is 23.7 Å². The molecule has 0 unspecified atom stereocenters. The SMILES string of the molecule is CC(C)(C)S(=O)(=O)CC1CCC(C(=O)Cc2ccc(N3CC=CC3)cc2)CC1. The maximum Gasteiger partial charge on any atom is 0.155 e. The summed E-state index contributed by atoms with van der Waals surface area (Å²) < 4.78 is 24.2. The standard InChI is InChI=1S/C23H33NO3S/c1-23(2,3)28(26,27)17-19-6-10-20(11-7-19)22(25)16-18-8-12-21(13-9-18)24-14-4-5-15-24/h4-5,8-9,12-13,19-20H,6-7,10-11,14-17H2,1-3H3. The van der Waals surface area contributed by atoms with E-state index in [1.165, 1.54) is 5.69 Å². The van der Waals surface area contributed by atoms with Gasteiger partial charge in [-0.1, -0.05) is 24.3 Å². The first-order valence-corrected chi connectivity index (χ1v) is 12.0. The predicted molar refractivity (Wildman–Crippen MR) is 115 cm³/mol. The highest BCUT2D eigenvalue weighted by Gasteiger charge is 2.34. The summed E-state index contributed by atoms with van der Waals surface area (Å²) in [6.07, 6.45) is 8.13. The van der Waals surface area contributed by atoms with Crippen molar-refractivity contribution in [3.8, 4) is 0 Å². The highest BCUT2D eigenvalue weighted by Crippen LogP contribution is 2.33. The van der Waals surface area contributed by atoms with Crippen LogP contribution in [0.15, 0.2) is 36.4 Å². The molecule has 2 aliphatic rings. The number of sulfone groups is 1. The Hall–Kier alpha value is -1.62. The van der Waals surface area contributed by atoms with E-state index in [1.807, 2.05) is 0 Å². The number of hydrogen-bond donors (Lipinski definition) is 0. The molecule has 1 saturated carbocycles. The Kier molecular flexibility index (Phi) is 6.33. The van der Waals surface area contributed by atoms with Crippen LogP contribution in [0.4, 0.5) is 5.69 Å². The van der Waals surface area contributed by atoms with Gasteiger partial charge in [-0.25, -0.2) is 8.42 Å². The Morgan fingerprint density at radius 3 is 2.11 bits per heavy atom. The van der Waals surface area contributed by atoms with Crippen LogP contribution in [0.2, 0.25) is 0 Å². The zero-order valence-electron chi connectivity index (χ0n) is 17.4. The number of nitrogens with zero attached hydrogens (tertiary/aromatic N) is 1. The van der Waals surface area contributed by atoms with Crippen LogP contribution in [0.5, 0.6) is 0 Å². The number of rotatable bonds is 6. The fourth-order valence-corrected chi connectivity index (χ4v) is 5.52. The lowest BCUT2D eigenvalue weighted by atomic mass is 9.79. The Labute approximate surface area is 169 Å². The summed E-state index contributed by atoms with van der Waals surface area (Å²) >= 11 is 0. The van der Waals surface area contributed by atoms with Gasteiger partial charge in [0.1, 0.15) is 5.78 Å². The Balaban J connectivity index is 1.49. The van der Waals surface area contributed by atoms with Gasteiger partial charge in [0.2, 0.25) is 0 Å². The van der Waals surface area contributed by atoms with Gasteiger partial charge in [-0.15, -0.1) is 0 Å². The molecule has 0 N–H and O–H groups in total. The van der Waals surface area contributed by atoms with Gasteiger partial charge in [0.25, 0.3) is 0 Å². The molecule has 1 aliphatic carbocycles. The monoisotopic (exact) mass is 403 g/mol. The number of ketones is 1. The van der Waals surface area contributed by atoms with E-state index >= 15 is 0 Å². The van der Waals surface area contributed by atoms with Crippen LogP contribution in [0.3, 0.4) is 0 Å². The van der Waals surface area contributed by atoms with E-state index < -0.39 is 14.6 Å². The molecular formula is C23H33NO3S. The van der Waals surface area contributed by atoms with Crippen molar-refractivity contribution in [2.24, 2.45) is 11.8 Å². The third kappa shape index (κ3) is 5.05. The average Bonchev–Trinajstić information content (AvgIpc) is 3.16. The second-order valence-electron chi connectivity index (χ2n) is 9.30. The van der Waals surface area contributed by atoms with E-state index in [2.05, 4.69) is 41.3 Å². The normalized spacial score (nSPS) is 23.2. The minimum Gasteiger partial charge on any atom is -0.364 e. The van der Waals surface area contributed by atoms with Gasteiger partial charge >= 0.3 is 0 Å². The fraction of sp³-hybridized carbons (Fsp3) is 0.609. The third-order valence-electron chi connectivity index (χ3n) is 6.19. The van der Waals surface area contributed by atoms with Gasteiger partial charge in [-0.3, -0.25) is 4.79 Å². The van der Waals surface area contributed by atoms with Gasteiger partial charge in [-0.05, 0) is 70.1 Å². The molecule has 1 fully saturated rings. The van der Waals surface area contributed by atoms with Crippen LogP contribution in [0.1, 0.15) is 52.0 Å².